The van der Waals surface area contributed by atoms with Crippen LogP contribution in [-0.4, -0.2) is 55.7 Å². The van der Waals surface area contributed by atoms with Crippen LogP contribution in [0.4, 0.5) is 10.6 Å². The summed E-state index contributed by atoms with van der Waals surface area (Å²) in [5.41, 5.74) is 8.64. The summed E-state index contributed by atoms with van der Waals surface area (Å²) in [7, 11) is 0. The zero-order chi connectivity index (χ0) is 34.5. The minimum absolute atomic E-state index is 0.293. The number of pyridine rings is 2. The topological polar surface area (TPSA) is 149 Å². The molecule has 11 nitrogen and oxygen atoms in total. The van der Waals surface area contributed by atoms with E-state index in [1.165, 1.54) is 0 Å². The molecule has 0 bridgehead atoms. The van der Waals surface area contributed by atoms with E-state index in [1.54, 1.807) is 29.4 Å². The number of hydrogen-bond donors (Lipinski definition) is 2. The summed E-state index contributed by atoms with van der Waals surface area (Å²) in [5, 5.41) is 10.8. The lowest BCUT2D eigenvalue weighted by Gasteiger charge is -2.27. The molecule has 0 atom stereocenters. The number of primary amides is 1. The monoisotopic (exact) mass is 677 g/mol. The van der Waals surface area contributed by atoms with Gasteiger partial charge in [0.25, 0.3) is 0 Å². The Labute approximate surface area is 288 Å². The molecular formula is C37H36ClN7O4. The number of carbonyl (C=O) groups is 2. The SMILES string of the molecule is CC(C)(C)OC(=O)N(CCc1noc(CCNc2nc3cc(C(N)=O)ccc3c3cnccc23)n1)Cc1ccc(-c2ccccc2)c(Cl)c1. The zero-order valence-electron chi connectivity index (χ0n) is 27.4. The predicted octanol–water partition coefficient (Wildman–Crippen LogP) is 7.22. The van der Waals surface area contributed by atoms with Crippen LogP contribution in [0.2, 0.25) is 5.02 Å². The second-order valence-electron chi connectivity index (χ2n) is 12.6. The lowest BCUT2D eigenvalue weighted by Crippen LogP contribution is -2.37. The van der Waals surface area contributed by atoms with Crippen molar-refractivity contribution in [2.24, 2.45) is 5.73 Å². The van der Waals surface area contributed by atoms with E-state index in [-0.39, 0.29) is 0 Å². The van der Waals surface area contributed by atoms with Crippen molar-refractivity contribution in [2.75, 3.05) is 18.4 Å². The first-order chi connectivity index (χ1) is 23.5. The van der Waals surface area contributed by atoms with Gasteiger partial charge in [-0.15, -0.1) is 0 Å². The van der Waals surface area contributed by atoms with Gasteiger partial charge in [0.05, 0.1) is 5.52 Å². The molecule has 12 heteroatoms. The Kier molecular flexibility index (Phi) is 9.72. The van der Waals surface area contributed by atoms with E-state index in [0.29, 0.717) is 66.1 Å². The van der Waals surface area contributed by atoms with Gasteiger partial charge in [0.2, 0.25) is 11.8 Å². The number of hydrogen-bond acceptors (Lipinski definition) is 9. The third-order valence-electron chi connectivity index (χ3n) is 7.77. The number of nitrogens with zero attached hydrogens (tertiary/aromatic N) is 5. The number of carbonyl (C=O) groups excluding carboxylic acids is 2. The van der Waals surface area contributed by atoms with Gasteiger partial charge >= 0.3 is 6.09 Å². The number of benzene rings is 3. The molecule has 0 radical (unpaired) electrons. The van der Waals surface area contributed by atoms with Crippen molar-refractivity contribution in [2.45, 2.75) is 45.8 Å². The molecule has 0 aliphatic rings. The first-order valence-corrected chi connectivity index (χ1v) is 16.3. The van der Waals surface area contributed by atoms with Crippen molar-refractivity contribution in [3.05, 3.63) is 113 Å². The van der Waals surface area contributed by atoms with Crippen molar-refractivity contribution in [1.29, 1.82) is 0 Å². The van der Waals surface area contributed by atoms with E-state index >= 15 is 0 Å². The van der Waals surface area contributed by atoms with Crippen LogP contribution in [-0.2, 0) is 24.1 Å². The fourth-order valence-electron chi connectivity index (χ4n) is 5.44. The number of anilines is 1. The summed E-state index contributed by atoms with van der Waals surface area (Å²) in [6.07, 6.45) is 3.82. The maximum atomic E-state index is 13.2. The van der Waals surface area contributed by atoms with Gasteiger partial charge in [0.15, 0.2) is 5.82 Å². The molecule has 0 unspecified atom stereocenters. The second kappa shape index (κ2) is 14.3. The van der Waals surface area contributed by atoms with Crippen LogP contribution in [0.25, 0.3) is 32.8 Å². The third kappa shape index (κ3) is 8.13. The smallest absolute Gasteiger partial charge is 0.410 e. The fraction of sp³-hybridized carbons (Fsp3) is 0.243. The molecule has 0 fully saturated rings. The first-order valence-electron chi connectivity index (χ1n) is 15.9. The van der Waals surface area contributed by atoms with Crippen LogP contribution in [0.1, 0.15) is 48.4 Å². The van der Waals surface area contributed by atoms with Gasteiger partial charge in [0, 0.05) is 77.2 Å². The third-order valence-corrected chi connectivity index (χ3v) is 8.08. The number of rotatable bonds is 11. The number of halogens is 1. The number of aromatic nitrogens is 4. The molecule has 0 saturated heterocycles. The molecule has 0 aliphatic carbocycles. The van der Waals surface area contributed by atoms with Crippen molar-refractivity contribution >= 4 is 51.1 Å². The molecule has 3 N–H and O–H groups in total. The summed E-state index contributed by atoms with van der Waals surface area (Å²) in [4.78, 5) is 40.2. The molecule has 3 aromatic carbocycles. The molecule has 0 saturated carbocycles. The Balaban J connectivity index is 1.12. The molecule has 3 aromatic heterocycles. The Morgan fingerprint density at radius 2 is 1.78 bits per heavy atom. The molecule has 6 aromatic rings. The summed E-state index contributed by atoms with van der Waals surface area (Å²) in [5.74, 6) is 1.03. The van der Waals surface area contributed by atoms with Crippen LogP contribution < -0.4 is 11.1 Å². The number of nitrogens with one attached hydrogen (secondary N) is 1. The van der Waals surface area contributed by atoms with Crippen LogP contribution in [0.15, 0.2) is 89.7 Å². The summed E-state index contributed by atoms with van der Waals surface area (Å²) in [6, 6.07) is 22.8. The first kappa shape index (κ1) is 33.4. The molecule has 2 amide bonds. The molecule has 0 aliphatic heterocycles. The largest absolute Gasteiger partial charge is 0.444 e. The highest BCUT2D eigenvalue weighted by atomic mass is 35.5. The minimum Gasteiger partial charge on any atom is -0.444 e. The quantitative estimate of drug-likeness (QED) is 0.136. The molecule has 0 spiro atoms. The van der Waals surface area contributed by atoms with E-state index < -0.39 is 17.6 Å². The lowest BCUT2D eigenvalue weighted by atomic mass is 10.0. The van der Waals surface area contributed by atoms with Gasteiger partial charge in [-0.1, -0.05) is 65.3 Å². The van der Waals surface area contributed by atoms with Gasteiger partial charge in [-0.3, -0.25) is 9.78 Å². The lowest BCUT2D eigenvalue weighted by molar-refractivity contribution is 0.0234. The van der Waals surface area contributed by atoms with Crippen molar-refractivity contribution < 1.29 is 18.8 Å². The highest BCUT2D eigenvalue weighted by Gasteiger charge is 2.23. The minimum atomic E-state index is -0.664. The zero-order valence-corrected chi connectivity index (χ0v) is 28.2. The molecular weight excluding hydrogens is 642 g/mol. The van der Waals surface area contributed by atoms with Gasteiger partial charge in [-0.25, -0.2) is 9.78 Å². The van der Waals surface area contributed by atoms with Gasteiger partial charge in [0.1, 0.15) is 11.4 Å². The number of fused-ring (bicyclic) bond motifs is 3. The van der Waals surface area contributed by atoms with Crippen LogP contribution in [0.5, 0.6) is 0 Å². The van der Waals surface area contributed by atoms with E-state index in [1.807, 2.05) is 81.4 Å². The van der Waals surface area contributed by atoms with E-state index in [9.17, 15) is 9.59 Å². The second-order valence-corrected chi connectivity index (χ2v) is 13.0. The predicted molar refractivity (Wildman–Crippen MR) is 189 cm³/mol. The van der Waals surface area contributed by atoms with Crippen molar-refractivity contribution in [1.82, 2.24) is 25.0 Å². The van der Waals surface area contributed by atoms with Crippen LogP contribution >= 0.6 is 11.6 Å². The molecule has 49 heavy (non-hydrogen) atoms. The number of amides is 2. The molecule has 3 heterocycles. The Morgan fingerprint density at radius 1 is 0.959 bits per heavy atom. The van der Waals surface area contributed by atoms with Crippen LogP contribution in [0.3, 0.4) is 0 Å². The normalized spacial score (nSPS) is 11.5. The Hall–Kier alpha value is -5.55. The highest BCUT2D eigenvalue weighted by molar-refractivity contribution is 6.33. The average Bonchev–Trinajstić information content (AvgIpc) is 3.53. The standard InChI is InChI=1S/C37H36ClN7O4/c1-37(2,3)48-36(47)45(22-23-9-11-26(30(38)19-23)24-7-5-4-6-8-24)18-15-32-43-33(49-44-32)14-17-41-35-28-13-16-40-21-29(28)27-12-10-25(34(39)46)20-31(27)42-35/h4-13,16,19-21H,14-15,17-18,22H2,1-3H3,(H2,39,46)(H,41,42). The molecule has 250 valence electrons. The van der Waals surface area contributed by atoms with Gasteiger partial charge < -0.3 is 25.2 Å². The van der Waals surface area contributed by atoms with Crippen molar-refractivity contribution in [3.8, 4) is 11.1 Å². The summed E-state index contributed by atoms with van der Waals surface area (Å²) < 4.78 is 11.2. The fourth-order valence-corrected chi connectivity index (χ4v) is 5.76. The Bertz CT molecular complexity index is 2130. The number of nitrogens with two attached hydrogens (primary N) is 1. The molecule has 6 rings (SSSR count). The maximum absolute atomic E-state index is 13.2. The van der Waals surface area contributed by atoms with Gasteiger partial charge in [-0.2, -0.15) is 4.98 Å². The van der Waals surface area contributed by atoms with E-state index in [2.05, 4.69) is 20.4 Å². The highest BCUT2D eigenvalue weighted by Crippen LogP contribution is 2.30. The summed E-state index contributed by atoms with van der Waals surface area (Å²) >= 11 is 6.67. The van der Waals surface area contributed by atoms with E-state index in [4.69, 9.17) is 31.6 Å². The van der Waals surface area contributed by atoms with Gasteiger partial charge in [-0.05, 0) is 56.2 Å². The number of ether oxygens (including phenoxy) is 1. The van der Waals surface area contributed by atoms with E-state index in [0.717, 1.165) is 32.8 Å². The van der Waals surface area contributed by atoms with Crippen LogP contribution in [0, 0.1) is 0 Å². The van der Waals surface area contributed by atoms with Crippen molar-refractivity contribution in [3.63, 3.8) is 0 Å². The average molecular weight is 678 g/mol. The maximum Gasteiger partial charge on any atom is 0.410 e. The Morgan fingerprint density at radius 3 is 2.53 bits per heavy atom. The summed E-state index contributed by atoms with van der Waals surface area (Å²) in [6.45, 7) is 6.55.